The number of aromatic nitrogens is 2. The SMILES string of the molecule is CC(=O)OCCc1nc(-c2cccc[n+]2[O-])sc1C. The maximum atomic E-state index is 11.7. The summed E-state index contributed by atoms with van der Waals surface area (Å²) in [6.07, 6.45) is 2.01. The lowest BCUT2D eigenvalue weighted by Crippen LogP contribution is -2.27. The maximum absolute atomic E-state index is 11.7. The fourth-order valence-electron chi connectivity index (χ4n) is 1.65. The Bertz CT molecular complexity index is 595. The number of ether oxygens (including phenoxy) is 1. The van der Waals surface area contributed by atoms with Crippen LogP contribution < -0.4 is 4.73 Å². The molecule has 0 bridgehead atoms. The molecule has 5 nitrogen and oxygen atoms in total. The first-order valence-electron chi connectivity index (χ1n) is 5.86. The van der Waals surface area contributed by atoms with Gasteiger partial charge in [-0.25, -0.2) is 4.98 Å². The van der Waals surface area contributed by atoms with Gasteiger partial charge in [-0.15, -0.1) is 11.3 Å². The molecule has 0 atom stereocenters. The molecule has 0 aromatic carbocycles. The number of hydrogen-bond donors (Lipinski definition) is 0. The lowest BCUT2D eigenvalue weighted by atomic mass is 10.3. The Morgan fingerprint density at radius 3 is 3.00 bits per heavy atom. The molecule has 0 saturated heterocycles. The van der Waals surface area contributed by atoms with Gasteiger partial charge in [0.15, 0.2) is 11.2 Å². The van der Waals surface area contributed by atoms with Crippen molar-refractivity contribution in [1.82, 2.24) is 4.98 Å². The molecule has 0 amide bonds. The summed E-state index contributed by atoms with van der Waals surface area (Å²) in [6, 6.07) is 5.22. The van der Waals surface area contributed by atoms with E-state index in [4.69, 9.17) is 4.74 Å². The van der Waals surface area contributed by atoms with Crippen molar-refractivity contribution in [2.45, 2.75) is 20.3 Å². The zero-order chi connectivity index (χ0) is 13.8. The lowest BCUT2D eigenvalue weighted by Gasteiger charge is -2.00. The van der Waals surface area contributed by atoms with Gasteiger partial charge in [0.2, 0.25) is 0 Å². The van der Waals surface area contributed by atoms with Crippen molar-refractivity contribution in [3.63, 3.8) is 0 Å². The molecule has 0 saturated carbocycles. The van der Waals surface area contributed by atoms with Crippen molar-refractivity contribution in [3.05, 3.63) is 40.2 Å². The zero-order valence-corrected chi connectivity index (χ0v) is 11.6. The first kappa shape index (κ1) is 13.5. The van der Waals surface area contributed by atoms with Crippen molar-refractivity contribution < 1.29 is 14.3 Å². The summed E-state index contributed by atoms with van der Waals surface area (Å²) in [6.45, 7) is 3.64. The van der Waals surface area contributed by atoms with Gasteiger partial charge in [-0.05, 0) is 13.0 Å². The number of esters is 1. The van der Waals surface area contributed by atoms with E-state index < -0.39 is 0 Å². The average molecular weight is 278 g/mol. The topological polar surface area (TPSA) is 66.1 Å². The number of carbonyl (C=O) groups is 1. The number of aryl methyl sites for hydroxylation is 1. The molecule has 6 heteroatoms. The van der Waals surface area contributed by atoms with E-state index in [1.165, 1.54) is 24.5 Å². The highest BCUT2D eigenvalue weighted by Gasteiger charge is 2.15. The van der Waals surface area contributed by atoms with Gasteiger partial charge in [-0.1, -0.05) is 0 Å². The monoisotopic (exact) mass is 278 g/mol. The number of pyridine rings is 1. The number of rotatable bonds is 4. The third-order valence-corrected chi connectivity index (χ3v) is 3.62. The van der Waals surface area contributed by atoms with Crippen molar-refractivity contribution in [2.24, 2.45) is 0 Å². The smallest absolute Gasteiger partial charge is 0.302 e. The van der Waals surface area contributed by atoms with Crippen LogP contribution in [0.4, 0.5) is 0 Å². The van der Waals surface area contributed by atoms with Crippen LogP contribution in [0.5, 0.6) is 0 Å². The van der Waals surface area contributed by atoms with Gasteiger partial charge in [0.25, 0.3) is 5.69 Å². The minimum atomic E-state index is -0.298. The van der Waals surface area contributed by atoms with Gasteiger partial charge in [-0.3, -0.25) is 4.79 Å². The Labute approximate surface area is 115 Å². The second kappa shape index (κ2) is 5.79. The average Bonchev–Trinajstić information content (AvgIpc) is 2.71. The van der Waals surface area contributed by atoms with E-state index in [0.717, 1.165) is 15.3 Å². The van der Waals surface area contributed by atoms with Crippen molar-refractivity contribution in [3.8, 4) is 10.7 Å². The molecule has 2 aromatic rings. The van der Waals surface area contributed by atoms with Crippen LogP contribution in [-0.4, -0.2) is 17.6 Å². The van der Waals surface area contributed by atoms with Crippen LogP contribution >= 0.6 is 11.3 Å². The molecule has 0 aliphatic heterocycles. The predicted molar refractivity (Wildman–Crippen MR) is 71.6 cm³/mol. The quantitative estimate of drug-likeness (QED) is 0.486. The Kier molecular flexibility index (Phi) is 4.11. The van der Waals surface area contributed by atoms with Crippen molar-refractivity contribution in [2.75, 3.05) is 6.61 Å². The molecular weight excluding hydrogens is 264 g/mol. The first-order valence-corrected chi connectivity index (χ1v) is 6.68. The highest BCUT2D eigenvalue weighted by atomic mass is 32.1. The summed E-state index contributed by atoms with van der Waals surface area (Å²) in [5, 5.41) is 12.3. The van der Waals surface area contributed by atoms with Gasteiger partial charge >= 0.3 is 5.97 Å². The summed E-state index contributed by atoms with van der Waals surface area (Å²) in [5.74, 6) is -0.298. The van der Waals surface area contributed by atoms with Crippen LogP contribution in [0.2, 0.25) is 0 Å². The highest BCUT2D eigenvalue weighted by Crippen LogP contribution is 2.25. The zero-order valence-electron chi connectivity index (χ0n) is 10.8. The molecule has 2 heterocycles. The fourth-order valence-corrected chi connectivity index (χ4v) is 2.63. The van der Waals surface area contributed by atoms with Gasteiger partial charge in [0.1, 0.15) is 0 Å². The third kappa shape index (κ3) is 3.29. The second-order valence-corrected chi connectivity index (χ2v) is 5.23. The van der Waals surface area contributed by atoms with E-state index in [1.54, 1.807) is 18.2 Å². The number of thiazole rings is 1. The van der Waals surface area contributed by atoms with Crippen LogP contribution in [0.3, 0.4) is 0 Å². The standard InChI is InChI=1S/C13H14N2O3S/c1-9-11(6-8-18-10(2)16)14-13(19-9)12-5-3-4-7-15(12)17/h3-5,7H,6,8H2,1-2H3. The number of nitrogens with zero attached hydrogens (tertiary/aromatic N) is 2. The van der Waals surface area contributed by atoms with Gasteiger partial charge in [0, 0.05) is 30.4 Å². The molecule has 19 heavy (non-hydrogen) atoms. The number of carbonyl (C=O) groups excluding carboxylic acids is 1. The minimum Gasteiger partial charge on any atom is -0.618 e. The van der Waals surface area contributed by atoms with Gasteiger partial charge in [-0.2, -0.15) is 4.73 Å². The molecule has 0 fully saturated rings. The predicted octanol–water partition coefficient (Wildman–Crippen LogP) is 1.86. The first-order chi connectivity index (χ1) is 9.08. The lowest BCUT2D eigenvalue weighted by molar-refractivity contribution is -0.593. The Hall–Kier alpha value is -1.95. The molecule has 0 radical (unpaired) electrons. The summed E-state index contributed by atoms with van der Waals surface area (Å²) in [4.78, 5) is 16.2. The van der Waals surface area contributed by atoms with E-state index in [-0.39, 0.29) is 5.97 Å². The molecule has 0 spiro atoms. The van der Waals surface area contributed by atoms with Crippen LogP contribution in [0, 0.1) is 12.1 Å². The minimum absolute atomic E-state index is 0.298. The highest BCUT2D eigenvalue weighted by molar-refractivity contribution is 7.15. The molecule has 0 aliphatic carbocycles. The van der Waals surface area contributed by atoms with E-state index >= 15 is 0 Å². The molecule has 100 valence electrons. The van der Waals surface area contributed by atoms with E-state index in [0.29, 0.717) is 23.7 Å². The van der Waals surface area contributed by atoms with Crippen molar-refractivity contribution >= 4 is 17.3 Å². The molecule has 2 aromatic heterocycles. The van der Waals surface area contributed by atoms with Gasteiger partial charge in [0.05, 0.1) is 12.3 Å². The Morgan fingerprint density at radius 2 is 2.32 bits per heavy atom. The molecule has 2 rings (SSSR count). The van der Waals surface area contributed by atoms with Crippen LogP contribution in [-0.2, 0) is 16.0 Å². The Balaban J connectivity index is 2.17. The summed E-state index contributed by atoms with van der Waals surface area (Å²) >= 11 is 1.47. The van der Waals surface area contributed by atoms with Crippen LogP contribution in [0.1, 0.15) is 17.5 Å². The van der Waals surface area contributed by atoms with Crippen LogP contribution in [0.25, 0.3) is 10.7 Å². The molecular formula is C13H14N2O3S. The largest absolute Gasteiger partial charge is 0.618 e. The molecule has 0 N–H and O–H groups in total. The van der Waals surface area contributed by atoms with Crippen LogP contribution in [0.15, 0.2) is 24.4 Å². The molecule has 0 unspecified atom stereocenters. The normalized spacial score (nSPS) is 10.4. The van der Waals surface area contributed by atoms with E-state index in [2.05, 4.69) is 4.98 Å². The Morgan fingerprint density at radius 1 is 1.53 bits per heavy atom. The van der Waals surface area contributed by atoms with Crippen molar-refractivity contribution in [1.29, 1.82) is 0 Å². The summed E-state index contributed by atoms with van der Waals surface area (Å²) in [5.41, 5.74) is 1.40. The number of hydrogen-bond acceptors (Lipinski definition) is 5. The summed E-state index contributed by atoms with van der Waals surface area (Å²) < 4.78 is 5.70. The van der Waals surface area contributed by atoms with E-state index in [1.807, 2.05) is 6.92 Å². The summed E-state index contributed by atoms with van der Waals surface area (Å²) in [7, 11) is 0. The van der Waals surface area contributed by atoms with Gasteiger partial charge < -0.3 is 9.94 Å². The fraction of sp³-hybridized carbons (Fsp3) is 0.308. The van der Waals surface area contributed by atoms with E-state index in [9.17, 15) is 10.0 Å². The molecule has 0 aliphatic rings. The third-order valence-electron chi connectivity index (χ3n) is 2.58. The maximum Gasteiger partial charge on any atom is 0.302 e. The second-order valence-electron chi connectivity index (χ2n) is 4.02.